The van der Waals surface area contributed by atoms with Crippen molar-refractivity contribution in [1.82, 2.24) is 16.0 Å². The number of aliphatic imine (C=N–C) groups is 1. The highest BCUT2D eigenvalue weighted by atomic mass is 16.4. The number of aryl methyl sites for hydroxylation is 1. The fourth-order valence-electron chi connectivity index (χ4n) is 3.49. The predicted molar refractivity (Wildman–Crippen MR) is 111 cm³/mol. The first-order valence-corrected chi connectivity index (χ1v) is 10.5. The molecule has 1 atom stereocenters. The van der Waals surface area contributed by atoms with Crippen molar-refractivity contribution in [3.8, 4) is 0 Å². The summed E-state index contributed by atoms with van der Waals surface area (Å²) in [6.45, 7) is 7.51. The predicted octanol–water partition coefficient (Wildman–Crippen LogP) is 2.44. The summed E-state index contributed by atoms with van der Waals surface area (Å²) in [5.41, 5.74) is -1.18. The van der Waals surface area contributed by atoms with Crippen LogP contribution in [0.4, 0.5) is 0 Å². The van der Waals surface area contributed by atoms with E-state index in [0.717, 1.165) is 5.76 Å². The Morgan fingerprint density at radius 3 is 2.57 bits per heavy atom. The molecular formula is C21H36N4O3. The highest BCUT2D eigenvalue weighted by molar-refractivity contribution is 5.80. The molecule has 0 aromatic carbocycles. The van der Waals surface area contributed by atoms with Crippen LogP contribution in [0.2, 0.25) is 0 Å². The number of guanidine groups is 1. The lowest BCUT2D eigenvalue weighted by molar-refractivity contribution is -0.122. The van der Waals surface area contributed by atoms with E-state index in [4.69, 9.17) is 4.42 Å². The van der Waals surface area contributed by atoms with Gasteiger partial charge in [-0.15, -0.1) is 0 Å². The van der Waals surface area contributed by atoms with Crippen molar-refractivity contribution in [2.75, 3.05) is 26.2 Å². The van der Waals surface area contributed by atoms with Crippen LogP contribution in [0.3, 0.4) is 0 Å². The maximum atomic E-state index is 12.1. The minimum absolute atomic E-state index is 0.131. The highest BCUT2D eigenvalue weighted by Crippen LogP contribution is 2.26. The van der Waals surface area contributed by atoms with Gasteiger partial charge >= 0.3 is 0 Å². The minimum atomic E-state index is -1.18. The van der Waals surface area contributed by atoms with Gasteiger partial charge in [-0.1, -0.05) is 19.3 Å². The Balaban J connectivity index is 1.74. The molecule has 1 amide bonds. The first kappa shape index (κ1) is 22.3. The zero-order chi connectivity index (χ0) is 20.4. The van der Waals surface area contributed by atoms with Crippen LogP contribution in [0.5, 0.6) is 0 Å². The lowest BCUT2D eigenvalue weighted by Crippen LogP contribution is -2.42. The normalized spacial score (nSPS) is 17.8. The fourth-order valence-corrected chi connectivity index (χ4v) is 3.49. The van der Waals surface area contributed by atoms with Crippen molar-refractivity contribution in [1.29, 1.82) is 0 Å². The van der Waals surface area contributed by atoms with E-state index in [1.807, 2.05) is 19.9 Å². The number of hydrogen-bond acceptors (Lipinski definition) is 4. The van der Waals surface area contributed by atoms with Gasteiger partial charge < -0.3 is 25.5 Å². The van der Waals surface area contributed by atoms with Gasteiger partial charge in [0.05, 0.1) is 6.54 Å². The maximum Gasteiger partial charge on any atom is 0.220 e. The Bertz CT molecular complexity index is 633. The molecule has 2 rings (SSSR count). The molecule has 1 saturated carbocycles. The summed E-state index contributed by atoms with van der Waals surface area (Å²) in [7, 11) is 0. The zero-order valence-electron chi connectivity index (χ0n) is 17.5. The Morgan fingerprint density at radius 2 is 1.93 bits per heavy atom. The van der Waals surface area contributed by atoms with Crippen molar-refractivity contribution >= 4 is 11.9 Å². The molecule has 0 spiro atoms. The summed E-state index contributed by atoms with van der Waals surface area (Å²) < 4.78 is 5.52. The summed E-state index contributed by atoms with van der Waals surface area (Å²) in [5, 5.41) is 19.9. The molecule has 4 N–H and O–H groups in total. The second-order valence-electron chi connectivity index (χ2n) is 7.86. The van der Waals surface area contributed by atoms with Crippen LogP contribution in [0.15, 0.2) is 21.5 Å². The molecule has 0 aliphatic heterocycles. The van der Waals surface area contributed by atoms with Gasteiger partial charge in [0, 0.05) is 26.1 Å². The third-order valence-electron chi connectivity index (χ3n) is 5.10. The number of nitrogens with zero attached hydrogens (tertiary/aromatic N) is 1. The Kier molecular flexibility index (Phi) is 8.83. The molecule has 1 aliphatic carbocycles. The van der Waals surface area contributed by atoms with Gasteiger partial charge in [-0.3, -0.25) is 4.79 Å². The molecule has 1 fully saturated rings. The minimum Gasteiger partial charge on any atom is -0.463 e. The average molecular weight is 393 g/mol. The summed E-state index contributed by atoms with van der Waals surface area (Å²) in [5.74, 6) is 2.54. The van der Waals surface area contributed by atoms with Crippen LogP contribution in [0, 0.1) is 12.8 Å². The third kappa shape index (κ3) is 7.54. The van der Waals surface area contributed by atoms with Crippen LogP contribution in [0.25, 0.3) is 0 Å². The van der Waals surface area contributed by atoms with Gasteiger partial charge in [0.15, 0.2) is 5.96 Å². The van der Waals surface area contributed by atoms with E-state index in [-0.39, 0.29) is 12.5 Å². The van der Waals surface area contributed by atoms with Gasteiger partial charge in [-0.2, -0.15) is 0 Å². The number of amides is 1. The number of furan rings is 1. The van der Waals surface area contributed by atoms with Gasteiger partial charge in [0.2, 0.25) is 5.91 Å². The maximum absolute atomic E-state index is 12.1. The Hall–Kier alpha value is -2.02. The van der Waals surface area contributed by atoms with Crippen LogP contribution < -0.4 is 16.0 Å². The van der Waals surface area contributed by atoms with E-state index in [0.29, 0.717) is 43.7 Å². The largest absolute Gasteiger partial charge is 0.463 e. The number of carbonyl (C=O) groups excluding carboxylic acids is 1. The van der Waals surface area contributed by atoms with E-state index in [1.165, 1.54) is 32.1 Å². The van der Waals surface area contributed by atoms with E-state index >= 15 is 0 Å². The molecule has 7 heteroatoms. The van der Waals surface area contributed by atoms with E-state index in [1.54, 1.807) is 13.0 Å². The summed E-state index contributed by atoms with van der Waals surface area (Å²) in [6.07, 6.45) is 6.81. The summed E-state index contributed by atoms with van der Waals surface area (Å²) in [4.78, 5) is 16.5. The van der Waals surface area contributed by atoms with Gasteiger partial charge in [0.25, 0.3) is 0 Å². The lowest BCUT2D eigenvalue weighted by Gasteiger charge is -2.21. The number of hydrogen-bond donors (Lipinski definition) is 4. The van der Waals surface area contributed by atoms with E-state index < -0.39 is 5.60 Å². The monoisotopic (exact) mass is 392 g/mol. The molecule has 1 aromatic heterocycles. The smallest absolute Gasteiger partial charge is 0.220 e. The molecule has 1 unspecified atom stereocenters. The van der Waals surface area contributed by atoms with Crippen LogP contribution in [0.1, 0.15) is 63.9 Å². The molecule has 1 aliphatic rings. The topological polar surface area (TPSA) is 98.9 Å². The summed E-state index contributed by atoms with van der Waals surface area (Å²) in [6, 6.07) is 3.60. The summed E-state index contributed by atoms with van der Waals surface area (Å²) >= 11 is 0. The van der Waals surface area contributed by atoms with Crippen LogP contribution >= 0.6 is 0 Å². The third-order valence-corrected chi connectivity index (χ3v) is 5.10. The molecule has 1 heterocycles. The molecule has 158 valence electrons. The molecule has 0 bridgehead atoms. The average Bonchev–Trinajstić information content (AvgIpc) is 3.11. The molecular weight excluding hydrogens is 356 g/mol. The van der Waals surface area contributed by atoms with Crippen molar-refractivity contribution < 1.29 is 14.3 Å². The SMILES string of the molecule is CCNC(=NCC(C)(O)c1ccc(C)o1)NCCNC(=O)CC1CCCCC1. The standard InChI is InChI=1S/C21H36N4O3/c1-4-22-20(25-15-21(3,27)18-11-10-16(2)28-18)24-13-12-23-19(26)14-17-8-6-5-7-9-17/h10-11,17,27H,4-9,12-15H2,1-3H3,(H,23,26)(H2,22,24,25). The van der Waals surface area contributed by atoms with Crippen molar-refractivity contribution in [3.05, 3.63) is 23.7 Å². The second-order valence-corrected chi connectivity index (χ2v) is 7.86. The van der Waals surface area contributed by atoms with E-state index in [9.17, 15) is 9.90 Å². The number of rotatable bonds is 9. The molecule has 7 nitrogen and oxygen atoms in total. The Labute approximate surface area is 168 Å². The number of nitrogens with one attached hydrogen (secondary N) is 3. The van der Waals surface area contributed by atoms with Gasteiger partial charge in [-0.25, -0.2) is 4.99 Å². The molecule has 0 radical (unpaired) electrons. The first-order chi connectivity index (χ1) is 13.4. The van der Waals surface area contributed by atoms with Crippen LogP contribution in [-0.4, -0.2) is 43.2 Å². The first-order valence-electron chi connectivity index (χ1n) is 10.5. The van der Waals surface area contributed by atoms with Gasteiger partial charge in [0.1, 0.15) is 17.1 Å². The number of carbonyl (C=O) groups is 1. The highest BCUT2D eigenvalue weighted by Gasteiger charge is 2.26. The second kappa shape index (κ2) is 11.1. The molecule has 28 heavy (non-hydrogen) atoms. The van der Waals surface area contributed by atoms with E-state index in [2.05, 4.69) is 20.9 Å². The van der Waals surface area contributed by atoms with Crippen molar-refractivity contribution in [2.24, 2.45) is 10.9 Å². The zero-order valence-corrected chi connectivity index (χ0v) is 17.5. The van der Waals surface area contributed by atoms with Crippen molar-refractivity contribution in [2.45, 2.75) is 64.9 Å². The Morgan fingerprint density at radius 1 is 1.21 bits per heavy atom. The quantitative estimate of drug-likeness (QED) is 0.294. The number of aliphatic hydroxyl groups is 1. The van der Waals surface area contributed by atoms with Crippen LogP contribution in [-0.2, 0) is 10.4 Å². The fraction of sp³-hybridized carbons (Fsp3) is 0.714. The molecule has 0 saturated heterocycles. The molecule has 1 aromatic rings. The lowest BCUT2D eigenvalue weighted by atomic mass is 9.87. The van der Waals surface area contributed by atoms with Gasteiger partial charge in [-0.05, 0) is 51.7 Å². The van der Waals surface area contributed by atoms with Crippen molar-refractivity contribution in [3.63, 3.8) is 0 Å².